The fourth-order valence-electron chi connectivity index (χ4n) is 1.12. The molecule has 0 spiro atoms. The molecule has 0 aliphatic rings. The molecule has 18 heavy (non-hydrogen) atoms. The van der Waals surface area contributed by atoms with Crippen molar-refractivity contribution in [3.8, 4) is 0 Å². The molecule has 0 fully saturated rings. The van der Waals surface area contributed by atoms with E-state index in [1.807, 2.05) is 6.92 Å². The van der Waals surface area contributed by atoms with Crippen LogP contribution in [0.25, 0.3) is 0 Å². The van der Waals surface area contributed by atoms with Gasteiger partial charge in [-0.2, -0.15) is 13.2 Å². The molecule has 1 heterocycles. The zero-order valence-corrected chi connectivity index (χ0v) is 10.7. The second-order valence-electron chi connectivity index (χ2n) is 3.62. The first-order valence-corrected chi connectivity index (χ1v) is 6.04. The minimum Gasteiger partial charge on any atom is -0.360 e. The maximum atomic E-state index is 12.1. The minimum absolute atomic E-state index is 0.0552. The molecule has 102 valence electrons. The SMILES string of the molecule is CCCNc1nnc(C(=O)N(C)CC(F)(F)F)s1. The van der Waals surface area contributed by atoms with Crippen LogP contribution < -0.4 is 5.32 Å². The number of anilines is 1. The summed E-state index contributed by atoms with van der Waals surface area (Å²) in [4.78, 5) is 12.2. The van der Waals surface area contributed by atoms with E-state index in [0.717, 1.165) is 24.8 Å². The molecule has 0 saturated heterocycles. The van der Waals surface area contributed by atoms with Gasteiger partial charge in [-0.3, -0.25) is 4.79 Å². The second-order valence-corrected chi connectivity index (χ2v) is 4.59. The van der Waals surface area contributed by atoms with Crippen LogP contribution in [0.1, 0.15) is 23.1 Å². The van der Waals surface area contributed by atoms with Crippen molar-refractivity contribution in [1.82, 2.24) is 15.1 Å². The molecule has 0 aliphatic carbocycles. The van der Waals surface area contributed by atoms with E-state index in [-0.39, 0.29) is 5.01 Å². The van der Waals surface area contributed by atoms with Crippen molar-refractivity contribution in [1.29, 1.82) is 0 Å². The molecule has 1 rings (SSSR count). The number of aromatic nitrogens is 2. The molecular formula is C9H13F3N4OS. The van der Waals surface area contributed by atoms with Gasteiger partial charge < -0.3 is 10.2 Å². The Morgan fingerprint density at radius 3 is 2.67 bits per heavy atom. The zero-order chi connectivity index (χ0) is 13.8. The highest BCUT2D eigenvalue weighted by Crippen LogP contribution is 2.20. The van der Waals surface area contributed by atoms with Crippen LogP contribution in [0.2, 0.25) is 0 Å². The first kappa shape index (κ1) is 14.7. The van der Waals surface area contributed by atoms with Gasteiger partial charge in [0.2, 0.25) is 10.1 Å². The molecule has 5 nitrogen and oxygen atoms in total. The van der Waals surface area contributed by atoms with Crippen molar-refractivity contribution >= 4 is 22.4 Å². The normalized spacial score (nSPS) is 11.4. The molecule has 1 amide bonds. The Hall–Kier alpha value is -1.38. The Morgan fingerprint density at radius 1 is 1.44 bits per heavy atom. The van der Waals surface area contributed by atoms with Gasteiger partial charge in [0.15, 0.2) is 0 Å². The van der Waals surface area contributed by atoms with Crippen molar-refractivity contribution in [2.45, 2.75) is 19.5 Å². The lowest BCUT2D eigenvalue weighted by Gasteiger charge is -2.16. The van der Waals surface area contributed by atoms with Crippen molar-refractivity contribution in [3.05, 3.63) is 5.01 Å². The Kier molecular flexibility index (Phi) is 4.88. The summed E-state index contributed by atoms with van der Waals surface area (Å²) in [5.41, 5.74) is 0. The number of carbonyl (C=O) groups is 1. The molecule has 0 bridgehead atoms. The predicted octanol–water partition coefficient (Wildman–Crippen LogP) is 1.99. The molecular weight excluding hydrogens is 269 g/mol. The van der Waals surface area contributed by atoms with Crippen LogP contribution in [-0.2, 0) is 0 Å². The standard InChI is InChI=1S/C9H13F3N4OS/c1-3-4-13-8-15-14-6(18-8)7(17)16(2)5-9(10,11)12/h3-5H2,1-2H3,(H,13,15). The summed E-state index contributed by atoms with van der Waals surface area (Å²) >= 11 is 0.943. The first-order valence-electron chi connectivity index (χ1n) is 5.23. The number of hydrogen-bond donors (Lipinski definition) is 1. The highest BCUT2D eigenvalue weighted by Gasteiger charge is 2.32. The van der Waals surface area contributed by atoms with Crippen LogP contribution in [0.3, 0.4) is 0 Å². The zero-order valence-electron chi connectivity index (χ0n) is 9.91. The largest absolute Gasteiger partial charge is 0.406 e. The number of amides is 1. The third kappa shape index (κ3) is 4.47. The van der Waals surface area contributed by atoms with E-state index in [0.29, 0.717) is 16.6 Å². The quantitative estimate of drug-likeness (QED) is 0.897. The smallest absolute Gasteiger partial charge is 0.360 e. The topological polar surface area (TPSA) is 58.1 Å². The lowest BCUT2D eigenvalue weighted by Crippen LogP contribution is -2.35. The molecule has 0 aliphatic heterocycles. The summed E-state index contributed by atoms with van der Waals surface area (Å²) in [7, 11) is 1.08. The van der Waals surface area contributed by atoms with Crippen LogP contribution in [0.15, 0.2) is 0 Å². The minimum atomic E-state index is -4.42. The lowest BCUT2D eigenvalue weighted by molar-refractivity contribution is -0.138. The average molecular weight is 282 g/mol. The first-order chi connectivity index (χ1) is 8.33. The van der Waals surface area contributed by atoms with Crippen LogP contribution in [0.5, 0.6) is 0 Å². The molecule has 1 aromatic rings. The van der Waals surface area contributed by atoms with Crippen LogP contribution >= 0.6 is 11.3 Å². The molecule has 0 unspecified atom stereocenters. The van der Waals surface area contributed by atoms with E-state index in [1.54, 1.807) is 0 Å². The number of halogens is 3. The second kappa shape index (κ2) is 5.98. The van der Waals surface area contributed by atoms with Crippen molar-refractivity contribution < 1.29 is 18.0 Å². The van der Waals surface area contributed by atoms with Gasteiger partial charge >= 0.3 is 6.18 Å². The number of hydrogen-bond acceptors (Lipinski definition) is 5. The fraction of sp³-hybridized carbons (Fsp3) is 0.667. The predicted molar refractivity (Wildman–Crippen MR) is 61.7 cm³/mol. The van der Waals surface area contributed by atoms with Crippen LogP contribution in [0.4, 0.5) is 18.3 Å². The van der Waals surface area contributed by atoms with Gasteiger partial charge in [0.25, 0.3) is 5.91 Å². The molecule has 1 aromatic heterocycles. The Morgan fingerprint density at radius 2 is 2.11 bits per heavy atom. The summed E-state index contributed by atoms with van der Waals surface area (Å²) in [6, 6.07) is 0. The van der Waals surface area contributed by atoms with Gasteiger partial charge in [0.1, 0.15) is 6.54 Å². The summed E-state index contributed by atoms with van der Waals surface area (Å²) in [6.45, 7) is 1.32. The van der Waals surface area contributed by atoms with Gasteiger partial charge in [-0.15, -0.1) is 10.2 Å². The molecule has 1 N–H and O–H groups in total. The van der Waals surface area contributed by atoms with E-state index in [1.165, 1.54) is 0 Å². The number of nitrogens with zero attached hydrogens (tertiary/aromatic N) is 3. The van der Waals surface area contributed by atoms with Gasteiger partial charge in [-0.05, 0) is 6.42 Å². The highest BCUT2D eigenvalue weighted by atomic mass is 32.1. The maximum absolute atomic E-state index is 12.1. The summed E-state index contributed by atoms with van der Waals surface area (Å²) in [5, 5.41) is 10.5. The monoisotopic (exact) mass is 282 g/mol. The molecule has 0 radical (unpaired) electrons. The van der Waals surface area contributed by atoms with E-state index in [4.69, 9.17) is 0 Å². The number of carbonyl (C=O) groups excluding carboxylic acids is 1. The van der Waals surface area contributed by atoms with E-state index < -0.39 is 18.6 Å². The Bertz CT molecular complexity index is 407. The summed E-state index contributed by atoms with van der Waals surface area (Å²) in [5.74, 6) is -0.783. The third-order valence-electron chi connectivity index (χ3n) is 1.90. The van der Waals surface area contributed by atoms with E-state index in [2.05, 4.69) is 15.5 Å². The number of nitrogens with one attached hydrogen (secondary N) is 1. The van der Waals surface area contributed by atoms with Crippen LogP contribution in [0, 0.1) is 0 Å². The van der Waals surface area contributed by atoms with Crippen molar-refractivity contribution in [3.63, 3.8) is 0 Å². The van der Waals surface area contributed by atoms with Crippen LogP contribution in [-0.4, -0.2) is 47.3 Å². The Balaban J connectivity index is 2.63. The fourth-order valence-corrected chi connectivity index (χ4v) is 1.88. The molecule has 9 heteroatoms. The van der Waals surface area contributed by atoms with E-state index >= 15 is 0 Å². The average Bonchev–Trinajstić information content (AvgIpc) is 2.71. The van der Waals surface area contributed by atoms with Gasteiger partial charge in [-0.1, -0.05) is 18.3 Å². The maximum Gasteiger partial charge on any atom is 0.406 e. The third-order valence-corrected chi connectivity index (χ3v) is 2.77. The van der Waals surface area contributed by atoms with Crippen molar-refractivity contribution in [2.75, 3.05) is 25.5 Å². The summed E-state index contributed by atoms with van der Waals surface area (Å²) < 4.78 is 36.3. The van der Waals surface area contributed by atoms with Gasteiger partial charge in [-0.25, -0.2) is 0 Å². The Labute approximate surface area is 106 Å². The molecule has 0 atom stereocenters. The van der Waals surface area contributed by atoms with Gasteiger partial charge in [0, 0.05) is 13.6 Å². The van der Waals surface area contributed by atoms with E-state index in [9.17, 15) is 18.0 Å². The highest BCUT2D eigenvalue weighted by molar-refractivity contribution is 7.17. The lowest BCUT2D eigenvalue weighted by atomic mass is 10.5. The summed E-state index contributed by atoms with van der Waals surface area (Å²) in [6.07, 6.45) is -3.55. The number of alkyl halides is 3. The molecule has 0 aromatic carbocycles. The van der Waals surface area contributed by atoms with Crippen molar-refractivity contribution in [2.24, 2.45) is 0 Å². The van der Waals surface area contributed by atoms with Gasteiger partial charge in [0.05, 0.1) is 0 Å². The number of rotatable bonds is 5. The molecule has 0 saturated carbocycles.